The zero-order chi connectivity index (χ0) is 30.3. The average molecular weight is 637 g/mol. The first-order valence-electron chi connectivity index (χ1n) is 14.6. The maximum absolute atomic E-state index is 12.2. The standard InChI is InChI=1S/C33H36N4O5S.ClH/c1-4-5-6-7-18-37(22(2)38)24-10-14-26(15-11-24)42-27-16-17-28-29(20-27)36(3)31(34-28)21-41-25-12-8-23(9-13-25)19-30-32(39)35-33(40)43-30;/h8-17,20,30H,4-7,18-19,21H2,1-3H3,(H,35,39,40);1H. The minimum atomic E-state index is -0.394. The van der Waals surface area contributed by atoms with Gasteiger partial charge in [-0.25, -0.2) is 4.98 Å². The second-order valence-electron chi connectivity index (χ2n) is 10.6. The summed E-state index contributed by atoms with van der Waals surface area (Å²) in [7, 11) is 1.94. The van der Waals surface area contributed by atoms with Crippen molar-refractivity contribution >= 4 is 57.9 Å². The number of hydrogen-bond donors (Lipinski definition) is 1. The van der Waals surface area contributed by atoms with Crippen LogP contribution in [0.25, 0.3) is 11.0 Å². The van der Waals surface area contributed by atoms with Gasteiger partial charge in [-0.3, -0.25) is 19.7 Å². The number of aromatic nitrogens is 2. The molecule has 2 heterocycles. The van der Waals surface area contributed by atoms with Crippen LogP contribution < -0.4 is 19.7 Å². The topological polar surface area (TPSA) is 103 Å². The molecule has 1 unspecified atom stereocenters. The monoisotopic (exact) mass is 636 g/mol. The summed E-state index contributed by atoms with van der Waals surface area (Å²) in [6, 6.07) is 20.9. The number of carbonyl (C=O) groups excluding carboxylic acids is 3. The highest BCUT2D eigenvalue weighted by molar-refractivity contribution is 8.15. The number of imidazole rings is 1. The molecule has 1 aliphatic heterocycles. The molecule has 0 radical (unpaired) electrons. The summed E-state index contributed by atoms with van der Waals surface area (Å²) in [4.78, 5) is 42.0. The van der Waals surface area contributed by atoms with Crippen molar-refractivity contribution in [3.8, 4) is 17.2 Å². The predicted molar refractivity (Wildman–Crippen MR) is 176 cm³/mol. The number of halogens is 1. The molecule has 1 saturated heterocycles. The molecule has 1 aliphatic rings. The molecule has 1 N–H and O–H groups in total. The number of fused-ring (bicyclic) bond motifs is 1. The fraction of sp³-hybridized carbons (Fsp3) is 0.333. The molecule has 0 bridgehead atoms. The average Bonchev–Trinajstić information content (AvgIpc) is 3.49. The van der Waals surface area contributed by atoms with Gasteiger partial charge in [0.15, 0.2) is 0 Å². The maximum Gasteiger partial charge on any atom is 0.286 e. The van der Waals surface area contributed by atoms with Gasteiger partial charge in [0.1, 0.15) is 29.7 Å². The van der Waals surface area contributed by atoms with Crippen molar-refractivity contribution in [1.82, 2.24) is 14.9 Å². The molecule has 1 aromatic heterocycles. The van der Waals surface area contributed by atoms with Crippen LogP contribution in [0.5, 0.6) is 17.2 Å². The number of benzene rings is 3. The van der Waals surface area contributed by atoms with E-state index in [1.807, 2.05) is 83.2 Å². The lowest BCUT2D eigenvalue weighted by molar-refractivity contribution is -0.119. The lowest BCUT2D eigenvalue weighted by Gasteiger charge is -2.21. The number of anilines is 1. The number of hydrogen-bond acceptors (Lipinski definition) is 7. The molecule has 3 amide bonds. The first-order valence-corrected chi connectivity index (χ1v) is 15.4. The van der Waals surface area contributed by atoms with E-state index in [2.05, 4.69) is 12.2 Å². The summed E-state index contributed by atoms with van der Waals surface area (Å²) in [5.41, 5.74) is 3.58. The number of amides is 3. The molecular formula is C33H37ClN4O5S. The van der Waals surface area contributed by atoms with E-state index in [1.54, 1.807) is 6.92 Å². The van der Waals surface area contributed by atoms with Gasteiger partial charge >= 0.3 is 0 Å². The third-order valence-corrected chi connectivity index (χ3v) is 8.41. The van der Waals surface area contributed by atoms with Crippen molar-refractivity contribution < 1.29 is 23.9 Å². The highest BCUT2D eigenvalue weighted by Crippen LogP contribution is 2.29. The van der Waals surface area contributed by atoms with Crippen LogP contribution in [0.1, 0.15) is 50.9 Å². The van der Waals surface area contributed by atoms with Crippen LogP contribution in [0.2, 0.25) is 0 Å². The first kappa shape index (κ1) is 32.9. The molecule has 0 saturated carbocycles. The second-order valence-corrected chi connectivity index (χ2v) is 11.8. The number of imide groups is 1. The van der Waals surface area contributed by atoms with E-state index in [1.165, 1.54) is 6.42 Å². The van der Waals surface area contributed by atoms with Crippen LogP contribution in [0.4, 0.5) is 10.5 Å². The number of aryl methyl sites for hydroxylation is 1. The molecular weight excluding hydrogens is 600 g/mol. The van der Waals surface area contributed by atoms with E-state index in [-0.39, 0.29) is 36.1 Å². The zero-order valence-corrected chi connectivity index (χ0v) is 26.7. The van der Waals surface area contributed by atoms with Crippen LogP contribution in [-0.4, -0.2) is 38.4 Å². The highest BCUT2D eigenvalue weighted by Gasteiger charge is 2.31. The van der Waals surface area contributed by atoms with E-state index in [4.69, 9.17) is 14.5 Å². The van der Waals surface area contributed by atoms with E-state index < -0.39 is 5.25 Å². The number of nitrogens with zero attached hydrogens (tertiary/aromatic N) is 3. The van der Waals surface area contributed by atoms with Crippen LogP contribution in [0.3, 0.4) is 0 Å². The number of carbonyl (C=O) groups is 3. The van der Waals surface area contributed by atoms with E-state index >= 15 is 0 Å². The Morgan fingerprint density at radius 3 is 2.34 bits per heavy atom. The minimum Gasteiger partial charge on any atom is -0.486 e. The summed E-state index contributed by atoms with van der Waals surface area (Å²) >= 11 is 1.03. The van der Waals surface area contributed by atoms with Crippen molar-refractivity contribution in [2.45, 2.75) is 57.8 Å². The quantitative estimate of drug-likeness (QED) is 0.155. The summed E-state index contributed by atoms with van der Waals surface area (Å²) in [6.45, 7) is 4.78. The lowest BCUT2D eigenvalue weighted by atomic mass is 10.1. The van der Waals surface area contributed by atoms with Crippen molar-refractivity contribution in [1.29, 1.82) is 0 Å². The molecule has 11 heteroatoms. The van der Waals surface area contributed by atoms with Crippen LogP contribution >= 0.6 is 24.2 Å². The SMILES string of the molecule is CCCCCCN(C(C)=O)c1ccc(Oc2ccc3nc(COc4ccc(CC5SC(=O)NC5=O)cc4)n(C)c3c2)cc1.Cl. The minimum absolute atomic E-state index is 0. The predicted octanol–water partition coefficient (Wildman–Crippen LogP) is 7.19. The molecule has 1 atom stereocenters. The summed E-state index contributed by atoms with van der Waals surface area (Å²) in [5, 5.41) is 1.63. The normalized spacial score (nSPS) is 14.3. The van der Waals surface area contributed by atoms with Gasteiger partial charge in [0.2, 0.25) is 11.8 Å². The van der Waals surface area contributed by atoms with Crippen molar-refractivity contribution in [2.24, 2.45) is 7.05 Å². The highest BCUT2D eigenvalue weighted by atomic mass is 35.5. The van der Waals surface area contributed by atoms with Gasteiger partial charge in [-0.1, -0.05) is 50.1 Å². The van der Waals surface area contributed by atoms with E-state index in [0.717, 1.165) is 59.1 Å². The second kappa shape index (κ2) is 15.1. The largest absolute Gasteiger partial charge is 0.486 e. The number of ether oxygens (including phenoxy) is 2. The fourth-order valence-corrected chi connectivity index (χ4v) is 5.88. The Bertz CT molecular complexity index is 1610. The number of unbranched alkanes of at least 4 members (excludes halogenated alkanes) is 3. The first-order chi connectivity index (χ1) is 20.8. The Kier molecular flexibility index (Phi) is 11.3. The molecule has 5 rings (SSSR count). The van der Waals surface area contributed by atoms with Crippen LogP contribution in [0, 0.1) is 0 Å². The lowest BCUT2D eigenvalue weighted by Crippen LogP contribution is -2.29. The fourth-order valence-electron chi connectivity index (χ4n) is 5.02. The summed E-state index contributed by atoms with van der Waals surface area (Å²) in [5.74, 6) is 2.62. The smallest absolute Gasteiger partial charge is 0.286 e. The molecule has 3 aromatic carbocycles. The molecule has 232 valence electrons. The third-order valence-electron chi connectivity index (χ3n) is 7.42. The van der Waals surface area contributed by atoms with Crippen LogP contribution in [-0.2, 0) is 29.7 Å². The molecule has 1 fully saturated rings. The van der Waals surface area contributed by atoms with Crippen LogP contribution in [0.15, 0.2) is 66.7 Å². The van der Waals surface area contributed by atoms with Crippen molar-refractivity contribution in [2.75, 3.05) is 11.4 Å². The maximum atomic E-state index is 12.2. The molecule has 0 spiro atoms. The van der Waals surface area contributed by atoms with Gasteiger partial charge in [0.25, 0.3) is 5.24 Å². The number of thioether (sulfide) groups is 1. The van der Waals surface area contributed by atoms with Gasteiger partial charge < -0.3 is 18.9 Å². The third kappa shape index (κ3) is 8.12. The van der Waals surface area contributed by atoms with E-state index in [0.29, 0.717) is 30.2 Å². The molecule has 0 aliphatic carbocycles. The summed E-state index contributed by atoms with van der Waals surface area (Å²) in [6.07, 6.45) is 4.93. The van der Waals surface area contributed by atoms with Crippen molar-refractivity contribution in [3.05, 3.63) is 78.1 Å². The Balaban J connectivity index is 0.00000442. The number of rotatable bonds is 13. The Morgan fingerprint density at radius 1 is 0.977 bits per heavy atom. The Morgan fingerprint density at radius 2 is 1.68 bits per heavy atom. The summed E-state index contributed by atoms with van der Waals surface area (Å²) < 4.78 is 14.1. The zero-order valence-electron chi connectivity index (χ0n) is 25.1. The molecule has 4 aromatic rings. The molecule has 9 nitrogen and oxygen atoms in total. The van der Waals surface area contributed by atoms with Gasteiger partial charge in [0.05, 0.1) is 16.3 Å². The number of nitrogens with one attached hydrogen (secondary N) is 1. The molecule has 44 heavy (non-hydrogen) atoms. The van der Waals surface area contributed by atoms with Gasteiger partial charge in [-0.15, -0.1) is 12.4 Å². The van der Waals surface area contributed by atoms with Gasteiger partial charge in [-0.2, -0.15) is 0 Å². The van der Waals surface area contributed by atoms with Crippen molar-refractivity contribution in [3.63, 3.8) is 0 Å². The van der Waals surface area contributed by atoms with Gasteiger partial charge in [-0.05, 0) is 66.9 Å². The Labute approximate surface area is 267 Å². The van der Waals surface area contributed by atoms with Gasteiger partial charge in [0, 0.05) is 32.3 Å². The Hall–Kier alpha value is -4.02. The van der Waals surface area contributed by atoms with E-state index in [9.17, 15) is 14.4 Å².